The van der Waals surface area contributed by atoms with Crippen LogP contribution in [0.25, 0.3) is 0 Å². The third kappa shape index (κ3) is 5.05. The monoisotopic (exact) mass is 504 g/mol. The third-order valence-corrected chi connectivity index (χ3v) is 9.65. The summed E-state index contributed by atoms with van der Waals surface area (Å²) in [7, 11) is -3.58. The van der Waals surface area contributed by atoms with Crippen molar-refractivity contribution in [2.75, 3.05) is 25.0 Å². The van der Waals surface area contributed by atoms with Crippen LogP contribution in [0.2, 0.25) is 0 Å². The van der Waals surface area contributed by atoms with Crippen molar-refractivity contribution in [3.8, 4) is 0 Å². The number of carbonyl (C=O) groups excluding carboxylic acids is 2. The number of nitrogens with zero attached hydrogens (tertiary/aromatic N) is 2. The van der Waals surface area contributed by atoms with Crippen LogP contribution in [0.15, 0.2) is 29.2 Å². The minimum absolute atomic E-state index is 0.184. The number of hydrogen-bond acceptors (Lipinski definition) is 6. The minimum atomic E-state index is -3.58. The molecule has 1 aromatic carbocycles. The Kier molecular flexibility index (Phi) is 7.42. The lowest BCUT2D eigenvalue weighted by atomic mass is 10.0. The van der Waals surface area contributed by atoms with Crippen LogP contribution in [-0.2, 0) is 23.0 Å². The number of thiophene rings is 1. The van der Waals surface area contributed by atoms with Gasteiger partial charge in [-0.15, -0.1) is 11.3 Å². The first-order chi connectivity index (χ1) is 16.2. The molecule has 0 aliphatic carbocycles. The summed E-state index contributed by atoms with van der Waals surface area (Å²) < 4.78 is 27.5. The first-order valence-corrected chi connectivity index (χ1v) is 14.0. The molecule has 2 aliphatic heterocycles. The maximum Gasteiger partial charge on any atom is 0.256 e. The van der Waals surface area contributed by atoms with Gasteiger partial charge in [0.15, 0.2) is 0 Å². The number of hydrogen-bond donors (Lipinski definition) is 2. The quantitative estimate of drug-likeness (QED) is 0.626. The maximum atomic E-state index is 13.0. The molecule has 2 aromatic rings. The number of benzene rings is 1. The summed E-state index contributed by atoms with van der Waals surface area (Å²) in [5.74, 6) is -0.953. The molecule has 0 bridgehead atoms. The fourth-order valence-corrected chi connectivity index (χ4v) is 7.39. The number of primary amides is 1. The lowest BCUT2D eigenvalue weighted by molar-refractivity contribution is 0.0999. The van der Waals surface area contributed by atoms with Crippen molar-refractivity contribution >= 4 is 38.2 Å². The van der Waals surface area contributed by atoms with Gasteiger partial charge in [-0.05, 0) is 62.9 Å². The largest absolute Gasteiger partial charge is 0.365 e. The van der Waals surface area contributed by atoms with Gasteiger partial charge < -0.3 is 11.1 Å². The molecule has 0 unspecified atom stereocenters. The molecule has 2 aliphatic rings. The van der Waals surface area contributed by atoms with Crippen molar-refractivity contribution in [1.29, 1.82) is 0 Å². The number of fused-ring (bicyclic) bond motifs is 1. The minimum Gasteiger partial charge on any atom is -0.365 e. The SMILES string of the molecule is CC(C)N1CCc2c(sc(NC(=O)c3ccc(S(=O)(=O)N4CCCCCC4)cc3)c2C(N)=O)C1. The first-order valence-electron chi connectivity index (χ1n) is 11.8. The predicted molar refractivity (Wildman–Crippen MR) is 134 cm³/mol. The van der Waals surface area contributed by atoms with E-state index in [1.54, 1.807) is 0 Å². The van der Waals surface area contributed by atoms with E-state index >= 15 is 0 Å². The summed E-state index contributed by atoms with van der Waals surface area (Å²) in [6.07, 6.45) is 4.52. The fourth-order valence-electron chi connectivity index (χ4n) is 4.60. The Labute approximate surface area is 205 Å². The second-order valence-corrected chi connectivity index (χ2v) is 12.2. The molecule has 1 fully saturated rings. The summed E-state index contributed by atoms with van der Waals surface area (Å²) >= 11 is 1.39. The van der Waals surface area contributed by atoms with E-state index in [4.69, 9.17) is 5.73 Å². The van der Waals surface area contributed by atoms with E-state index < -0.39 is 21.8 Å². The van der Waals surface area contributed by atoms with Crippen molar-refractivity contribution in [3.63, 3.8) is 0 Å². The van der Waals surface area contributed by atoms with E-state index in [1.807, 2.05) is 0 Å². The van der Waals surface area contributed by atoms with Gasteiger partial charge in [-0.2, -0.15) is 4.31 Å². The Morgan fingerprint density at radius 2 is 1.68 bits per heavy atom. The predicted octanol–water partition coefficient (Wildman–Crippen LogP) is 3.43. The van der Waals surface area contributed by atoms with Crippen LogP contribution in [0.4, 0.5) is 5.00 Å². The molecule has 8 nitrogen and oxygen atoms in total. The average Bonchev–Trinajstić information content (AvgIpc) is 2.96. The van der Waals surface area contributed by atoms with Crippen LogP contribution in [-0.4, -0.2) is 55.1 Å². The normalized spacial score (nSPS) is 17.9. The molecule has 0 saturated carbocycles. The van der Waals surface area contributed by atoms with E-state index in [0.29, 0.717) is 41.7 Å². The Morgan fingerprint density at radius 1 is 1.03 bits per heavy atom. The van der Waals surface area contributed by atoms with Gasteiger partial charge in [0.05, 0.1) is 10.5 Å². The number of sulfonamides is 1. The molecule has 34 heavy (non-hydrogen) atoms. The van der Waals surface area contributed by atoms with Crippen LogP contribution < -0.4 is 11.1 Å². The molecular weight excluding hydrogens is 472 g/mol. The third-order valence-electron chi connectivity index (χ3n) is 6.61. The summed E-state index contributed by atoms with van der Waals surface area (Å²) in [6.45, 7) is 6.87. The van der Waals surface area contributed by atoms with Gasteiger partial charge in [-0.3, -0.25) is 14.5 Å². The molecule has 0 spiro atoms. The van der Waals surface area contributed by atoms with Crippen molar-refractivity contribution in [1.82, 2.24) is 9.21 Å². The van der Waals surface area contributed by atoms with Crippen LogP contribution >= 0.6 is 11.3 Å². The number of carbonyl (C=O) groups is 2. The number of anilines is 1. The van der Waals surface area contributed by atoms with Crippen molar-refractivity contribution in [2.45, 2.75) is 63.4 Å². The molecule has 184 valence electrons. The van der Waals surface area contributed by atoms with E-state index in [-0.39, 0.29) is 4.90 Å². The highest BCUT2D eigenvalue weighted by atomic mass is 32.2. The zero-order valence-electron chi connectivity index (χ0n) is 19.7. The lowest BCUT2D eigenvalue weighted by Gasteiger charge is -2.30. The second kappa shape index (κ2) is 10.2. The highest BCUT2D eigenvalue weighted by Gasteiger charge is 2.29. The topological polar surface area (TPSA) is 113 Å². The molecule has 1 aromatic heterocycles. The summed E-state index contributed by atoms with van der Waals surface area (Å²) in [5, 5.41) is 3.29. The molecule has 0 radical (unpaired) electrons. The Balaban J connectivity index is 1.53. The molecule has 1 saturated heterocycles. The molecular formula is C24H32N4O4S2. The van der Waals surface area contributed by atoms with Gasteiger partial charge in [-0.25, -0.2) is 8.42 Å². The van der Waals surface area contributed by atoms with Crippen LogP contribution in [0, 0.1) is 0 Å². The van der Waals surface area contributed by atoms with Crippen molar-refractivity contribution in [2.24, 2.45) is 5.73 Å². The van der Waals surface area contributed by atoms with Crippen LogP contribution in [0.5, 0.6) is 0 Å². The number of nitrogens with two attached hydrogens (primary N) is 1. The number of nitrogens with one attached hydrogen (secondary N) is 1. The number of amides is 2. The molecule has 3 N–H and O–H groups in total. The van der Waals surface area contributed by atoms with Gasteiger partial charge in [0, 0.05) is 42.7 Å². The summed E-state index contributed by atoms with van der Waals surface area (Å²) in [5.41, 5.74) is 7.30. The van der Waals surface area contributed by atoms with Crippen molar-refractivity contribution < 1.29 is 18.0 Å². The molecule has 2 amide bonds. The second-order valence-electron chi connectivity index (χ2n) is 9.18. The van der Waals surface area contributed by atoms with Gasteiger partial charge in [0.25, 0.3) is 11.8 Å². The standard InChI is InChI=1S/C24H32N4O4S2/c1-16(2)27-14-11-19-20(15-27)33-24(21(19)22(25)29)26-23(30)17-7-9-18(10-8-17)34(31,32)28-12-5-3-4-6-13-28/h7-10,16H,3-6,11-15H2,1-2H3,(H2,25,29)(H,26,30). The van der Waals surface area contributed by atoms with Crippen LogP contribution in [0.1, 0.15) is 70.7 Å². The Hall–Kier alpha value is -2.27. The van der Waals surface area contributed by atoms with E-state index in [0.717, 1.165) is 49.2 Å². The van der Waals surface area contributed by atoms with Crippen molar-refractivity contribution in [3.05, 3.63) is 45.8 Å². The zero-order chi connectivity index (χ0) is 24.5. The highest BCUT2D eigenvalue weighted by Crippen LogP contribution is 2.37. The van der Waals surface area contributed by atoms with Gasteiger partial charge in [0.2, 0.25) is 10.0 Å². The van der Waals surface area contributed by atoms with E-state index in [9.17, 15) is 18.0 Å². The van der Waals surface area contributed by atoms with E-state index in [1.165, 1.54) is 39.9 Å². The van der Waals surface area contributed by atoms with Gasteiger partial charge in [0.1, 0.15) is 5.00 Å². The highest BCUT2D eigenvalue weighted by molar-refractivity contribution is 7.89. The van der Waals surface area contributed by atoms with Gasteiger partial charge >= 0.3 is 0 Å². The lowest BCUT2D eigenvalue weighted by Crippen LogP contribution is -2.35. The fraction of sp³-hybridized carbons (Fsp3) is 0.500. The average molecular weight is 505 g/mol. The molecule has 3 heterocycles. The number of rotatable bonds is 6. The molecule has 4 rings (SSSR count). The molecule has 0 atom stereocenters. The first kappa shape index (κ1) is 24.8. The maximum absolute atomic E-state index is 13.0. The van der Waals surface area contributed by atoms with Crippen LogP contribution in [0.3, 0.4) is 0 Å². The van der Waals surface area contributed by atoms with Gasteiger partial charge in [-0.1, -0.05) is 12.8 Å². The Morgan fingerprint density at radius 3 is 2.26 bits per heavy atom. The zero-order valence-corrected chi connectivity index (χ0v) is 21.3. The van der Waals surface area contributed by atoms with E-state index in [2.05, 4.69) is 24.1 Å². The Bertz CT molecular complexity index is 1160. The smallest absolute Gasteiger partial charge is 0.256 e. The summed E-state index contributed by atoms with van der Waals surface area (Å²) in [6, 6.07) is 6.36. The summed E-state index contributed by atoms with van der Waals surface area (Å²) in [4.78, 5) is 28.7. The molecule has 10 heteroatoms.